The first kappa shape index (κ1) is 8.06. The molecule has 1 heterocycles. The van der Waals surface area contributed by atoms with E-state index < -0.39 is 0 Å². The molecule has 10 heavy (non-hydrogen) atoms. The van der Waals surface area contributed by atoms with Gasteiger partial charge in [-0.3, -0.25) is 0 Å². The Hall–Kier alpha value is -0.0400. The van der Waals surface area contributed by atoms with Crippen LogP contribution in [-0.4, -0.2) is 13.2 Å². The van der Waals surface area contributed by atoms with Crippen molar-refractivity contribution in [2.24, 2.45) is 11.3 Å². The summed E-state index contributed by atoms with van der Waals surface area (Å²) in [6, 6.07) is 0. The monoisotopic (exact) mass is 142 g/mol. The van der Waals surface area contributed by atoms with Gasteiger partial charge in [-0.25, -0.2) is 0 Å². The maximum Gasteiger partial charge on any atom is 0.0522 e. The van der Waals surface area contributed by atoms with Crippen LogP contribution >= 0.6 is 0 Å². The van der Waals surface area contributed by atoms with Crippen LogP contribution in [0.5, 0.6) is 0 Å². The number of rotatable bonds is 0. The van der Waals surface area contributed by atoms with Crippen molar-refractivity contribution in [2.75, 3.05) is 13.2 Å². The second-order valence-electron chi connectivity index (χ2n) is 3.40. The molecule has 1 saturated carbocycles. The molecule has 1 saturated heterocycles. The normalized spacial score (nSPS) is 42.9. The van der Waals surface area contributed by atoms with E-state index in [0.29, 0.717) is 5.41 Å². The quantitative estimate of drug-likeness (QED) is 0.505. The zero-order chi connectivity index (χ0) is 7.61. The van der Waals surface area contributed by atoms with Crippen LogP contribution in [0, 0.1) is 11.3 Å². The molecule has 1 nitrogen and oxygen atoms in total. The van der Waals surface area contributed by atoms with Crippen LogP contribution in [0.1, 0.15) is 33.6 Å². The van der Waals surface area contributed by atoms with E-state index in [0.717, 1.165) is 19.1 Å². The number of fused-ring (bicyclic) bond motifs is 1. The average Bonchev–Trinajstić information content (AvgIpc) is 2.64. The highest BCUT2D eigenvalue weighted by molar-refractivity contribution is 5.00. The maximum absolute atomic E-state index is 5.33. The van der Waals surface area contributed by atoms with Crippen molar-refractivity contribution >= 4 is 0 Å². The molecule has 0 bridgehead atoms. The van der Waals surface area contributed by atoms with E-state index in [1.54, 1.807) is 0 Å². The van der Waals surface area contributed by atoms with Gasteiger partial charge in [0, 0.05) is 6.61 Å². The molecule has 2 aliphatic rings. The van der Waals surface area contributed by atoms with Crippen LogP contribution in [0.25, 0.3) is 0 Å². The zero-order valence-corrected chi connectivity index (χ0v) is 7.31. The van der Waals surface area contributed by atoms with Crippen molar-refractivity contribution in [1.82, 2.24) is 0 Å². The van der Waals surface area contributed by atoms with Gasteiger partial charge in [0.2, 0.25) is 0 Å². The van der Waals surface area contributed by atoms with E-state index in [1.807, 2.05) is 13.8 Å². The van der Waals surface area contributed by atoms with E-state index in [4.69, 9.17) is 4.74 Å². The molecular formula is C9H18O. The van der Waals surface area contributed by atoms with Crippen LogP contribution < -0.4 is 0 Å². The SMILES string of the molecule is CC.CC12COCCC1C2. The highest BCUT2D eigenvalue weighted by Crippen LogP contribution is 2.56. The molecule has 0 spiro atoms. The molecule has 2 atom stereocenters. The van der Waals surface area contributed by atoms with E-state index in [9.17, 15) is 0 Å². The summed E-state index contributed by atoms with van der Waals surface area (Å²) < 4.78 is 5.33. The first-order valence-electron chi connectivity index (χ1n) is 4.39. The fourth-order valence-corrected chi connectivity index (χ4v) is 1.66. The second kappa shape index (κ2) is 2.91. The van der Waals surface area contributed by atoms with Crippen molar-refractivity contribution in [2.45, 2.75) is 33.6 Å². The highest BCUT2D eigenvalue weighted by atomic mass is 16.5. The maximum atomic E-state index is 5.33. The molecule has 0 radical (unpaired) electrons. The average molecular weight is 142 g/mol. The molecule has 2 rings (SSSR count). The van der Waals surface area contributed by atoms with Crippen molar-refractivity contribution < 1.29 is 4.74 Å². The summed E-state index contributed by atoms with van der Waals surface area (Å²) in [5.74, 6) is 1.02. The van der Waals surface area contributed by atoms with Crippen LogP contribution in [0.4, 0.5) is 0 Å². The third kappa shape index (κ3) is 1.34. The van der Waals surface area contributed by atoms with Gasteiger partial charge in [-0.05, 0) is 24.2 Å². The van der Waals surface area contributed by atoms with Gasteiger partial charge in [0.05, 0.1) is 6.61 Å². The topological polar surface area (TPSA) is 9.23 Å². The molecule has 2 fully saturated rings. The van der Waals surface area contributed by atoms with Gasteiger partial charge >= 0.3 is 0 Å². The number of hydrogen-bond acceptors (Lipinski definition) is 1. The summed E-state index contributed by atoms with van der Waals surface area (Å²) in [7, 11) is 0. The van der Waals surface area contributed by atoms with Crippen molar-refractivity contribution in [3.05, 3.63) is 0 Å². The fourth-order valence-electron chi connectivity index (χ4n) is 1.66. The summed E-state index contributed by atoms with van der Waals surface area (Å²) >= 11 is 0. The first-order chi connectivity index (χ1) is 4.81. The lowest BCUT2D eigenvalue weighted by molar-refractivity contribution is 0.0543. The smallest absolute Gasteiger partial charge is 0.0522 e. The van der Waals surface area contributed by atoms with Crippen LogP contribution in [0.3, 0.4) is 0 Å². The summed E-state index contributed by atoms with van der Waals surface area (Å²) in [5, 5.41) is 0. The summed E-state index contributed by atoms with van der Waals surface area (Å²) in [4.78, 5) is 0. The van der Waals surface area contributed by atoms with Gasteiger partial charge in [-0.2, -0.15) is 0 Å². The van der Waals surface area contributed by atoms with Crippen molar-refractivity contribution in [3.63, 3.8) is 0 Å². The minimum Gasteiger partial charge on any atom is -0.381 e. The van der Waals surface area contributed by atoms with Crippen molar-refractivity contribution in [3.8, 4) is 0 Å². The van der Waals surface area contributed by atoms with Crippen LogP contribution in [-0.2, 0) is 4.74 Å². The molecule has 0 amide bonds. The molecule has 0 aromatic heterocycles. The third-order valence-electron chi connectivity index (χ3n) is 2.58. The standard InChI is InChI=1S/C7H12O.C2H6/c1-7-4-6(7)2-3-8-5-7;1-2/h6H,2-5H2,1H3;1-2H3. The predicted octanol–water partition coefficient (Wildman–Crippen LogP) is 2.46. The Bertz CT molecular complexity index is 109. The molecule has 1 heteroatoms. The molecule has 1 aliphatic heterocycles. The molecule has 0 N–H and O–H groups in total. The minimum atomic E-state index is 0.623. The summed E-state index contributed by atoms with van der Waals surface area (Å²) in [5.41, 5.74) is 0.623. The Morgan fingerprint density at radius 1 is 1.40 bits per heavy atom. The Morgan fingerprint density at radius 3 is 2.50 bits per heavy atom. The van der Waals surface area contributed by atoms with Gasteiger partial charge in [0.25, 0.3) is 0 Å². The van der Waals surface area contributed by atoms with Gasteiger partial charge in [0.15, 0.2) is 0 Å². The second-order valence-corrected chi connectivity index (χ2v) is 3.40. The van der Waals surface area contributed by atoms with E-state index >= 15 is 0 Å². The third-order valence-corrected chi connectivity index (χ3v) is 2.58. The molecular weight excluding hydrogens is 124 g/mol. The van der Waals surface area contributed by atoms with Crippen LogP contribution in [0.15, 0.2) is 0 Å². The van der Waals surface area contributed by atoms with Gasteiger partial charge < -0.3 is 4.74 Å². The Morgan fingerprint density at radius 2 is 2.10 bits per heavy atom. The van der Waals surface area contributed by atoms with E-state index in [2.05, 4.69) is 6.92 Å². The minimum absolute atomic E-state index is 0.623. The lowest BCUT2D eigenvalue weighted by atomic mass is 10.1. The Kier molecular flexibility index (Phi) is 2.35. The molecule has 0 aromatic rings. The fraction of sp³-hybridized carbons (Fsp3) is 1.00. The van der Waals surface area contributed by atoms with Crippen LogP contribution in [0.2, 0.25) is 0 Å². The summed E-state index contributed by atoms with van der Waals surface area (Å²) in [6.45, 7) is 8.37. The molecule has 2 unspecified atom stereocenters. The van der Waals surface area contributed by atoms with Gasteiger partial charge in [-0.1, -0.05) is 20.8 Å². The molecule has 0 aromatic carbocycles. The number of ether oxygens (including phenoxy) is 1. The van der Waals surface area contributed by atoms with E-state index in [1.165, 1.54) is 12.8 Å². The highest BCUT2D eigenvalue weighted by Gasteiger charge is 2.51. The lowest BCUT2D eigenvalue weighted by Crippen LogP contribution is -2.16. The zero-order valence-electron chi connectivity index (χ0n) is 7.31. The number of hydrogen-bond donors (Lipinski definition) is 0. The Balaban J connectivity index is 0.000000231. The predicted molar refractivity (Wildman–Crippen MR) is 43.0 cm³/mol. The molecule has 60 valence electrons. The van der Waals surface area contributed by atoms with Gasteiger partial charge in [-0.15, -0.1) is 0 Å². The largest absolute Gasteiger partial charge is 0.381 e. The van der Waals surface area contributed by atoms with E-state index in [-0.39, 0.29) is 0 Å². The van der Waals surface area contributed by atoms with Crippen molar-refractivity contribution in [1.29, 1.82) is 0 Å². The first-order valence-corrected chi connectivity index (χ1v) is 4.39. The summed E-state index contributed by atoms with van der Waals surface area (Å²) in [6.07, 6.45) is 2.74. The van der Waals surface area contributed by atoms with Gasteiger partial charge in [0.1, 0.15) is 0 Å². The Labute approximate surface area is 63.8 Å². The molecule has 1 aliphatic carbocycles. The lowest BCUT2D eigenvalue weighted by Gasteiger charge is -2.16.